The Morgan fingerprint density at radius 1 is 1.38 bits per heavy atom. The highest BCUT2D eigenvalue weighted by Gasteiger charge is 2.13. The Morgan fingerprint density at radius 2 is 2.00 bits per heavy atom. The predicted molar refractivity (Wildman–Crippen MR) is 69.4 cm³/mol. The zero-order valence-corrected chi connectivity index (χ0v) is 11.1. The monoisotopic (exact) mass is 284 g/mol. The van der Waals surface area contributed by atoms with Crippen LogP contribution in [0.15, 0.2) is 40.7 Å². The lowest BCUT2D eigenvalue weighted by Gasteiger charge is -2.11. The van der Waals surface area contributed by atoms with Gasteiger partial charge in [0.15, 0.2) is 0 Å². The number of para-hydroxylation sites is 1. The van der Waals surface area contributed by atoms with Gasteiger partial charge in [-0.2, -0.15) is 0 Å². The highest BCUT2D eigenvalue weighted by Crippen LogP contribution is 2.35. The molecule has 0 aliphatic carbocycles. The number of hydrogen-bond donors (Lipinski definition) is 0. The minimum absolute atomic E-state index is 0.265. The number of halogens is 2. The molecule has 86 valence electrons. The van der Waals surface area contributed by atoms with E-state index in [1.807, 2.05) is 31.2 Å². The molecule has 0 amide bonds. The predicted octanol–water partition coefficient (Wildman–Crippen LogP) is 4.69. The molecule has 1 nitrogen and oxygen atoms in total. The van der Waals surface area contributed by atoms with Gasteiger partial charge in [-0.25, -0.2) is 4.39 Å². The molecule has 0 saturated carbocycles. The summed E-state index contributed by atoms with van der Waals surface area (Å²) in [5, 5.41) is 0. The summed E-state index contributed by atoms with van der Waals surface area (Å²) >= 11 is 3.33. The third-order valence-corrected chi connectivity index (χ3v) is 2.61. The first kappa shape index (κ1) is 13.0. The Hall–Kier alpha value is -1.09. The van der Waals surface area contributed by atoms with Gasteiger partial charge in [0.25, 0.3) is 0 Å². The van der Waals surface area contributed by atoms with E-state index in [4.69, 9.17) is 4.74 Å². The lowest BCUT2D eigenvalue weighted by Crippen LogP contribution is -1.93. The van der Waals surface area contributed by atoms with Gasteiger partial charge in [0.2, 0.25) is 0 Å². The van der Waals surface area contributed by atoms with Crippen LogP contribution in [0.25, 0.3) is 5.57 Å². The molecule has 1 aromatic rings. The van der Waals surface area contributed by atoms with Gasteiger partial charge >= 0.3 is 0 Å². The van der Waals surface area contributed by atoms with Crippen molar-refractivity contribution in [3.8, 4) is 5.75 Å². The minimum atomic E-state index is -0.265. The molecule has 1 rings (SSSR count). The number of methoxy groups -OCH3 is 1. The fourth-order valence-corrected chi connectivity index (χ4v) is 1.88. The average molecular weight is 285 g/mol. The van der Waals surface area contributed by atoms with Gasteiger partial charge in [-0.1, -0.05) is 40.2 Å². The highest BCUT2D eigenvalue weighted by molar-refractivity contribution is 9.11. The van der Waals surface area contributed by atoms with Crippen molar-refractivity contribution in [1.82, 2.24) is 0 Å². The maximum Gasteiger partial charge on any atom is 0.127 e. The summed E-state index contributed by atoms with van der Waals surface area (Å²) in [6.07, 6.45) is 1.44. The van der Waals surface area contributed by atoms with Crippen molar-refractivity contribution in [2.75, 3.05) is 7.11 Å². The van der Waals surface area contributed by atoms with E-state index < -0.39 is 0 Å². The zero-order chi connectivity index (χ0) is 12.1. The molecule has 16 heavy (non-hydrogen) atoms. The van der Waals surface area contributed by atoms with Gasteiger partial charge in [0, 0.05) is 15.6 Å². The molecule has 0 spiro atoms. The third-order valence-electron chi connectivity index (χ3n) is 2.21. The van der Waals surface area contributed by atoms with E-state index in [9.17, 15) is 4.39 Å². The fraction of sp³-hybridized carbons (Fsp3) is 0.231. The van der Waals surface area contributed by atoms with E-state index in [-0.39, 0.29) is 5.83 Å². The van der Waals surface area contributed by atoms with Crippen molar-refractivity contribution in [3.05, 3.63) is 46.2 Å². The molecule has 1 aromatic carbocycles. The summed E-state index contributed by atoms with van der Waals surface area (Å²) in [5.41, 5.74) is 1.27. The molecule has 0 saturated heterocycles. The Balaban J connectivity index is 3.40. The Bertz CT molecular complexity index is 431. The van der Waals surface area contributed by atoms with Crippen LogP contribution in [0.3, 0.4) is 0 Å². The van der Waals surface area contributed by atoms with E-state index >= 15 is 0 Å². The quantitative estimate of drug-likeness (QED) is 0.732. The third kappa shape index (κ3) is 2.73. The van der Waals surface area contributed by atoms with Crippen LogP contribution in [0.2, 0.25) is 0 Å². The van der Waals surface area contributed by atoms with Crippen molar-refractivity contribution in [1.29, 1.82) is 0 Å². The molecule has 0 heterocycles. The van der Waals surface area contributed by atoms with Crippen molar-refractivity contribution in [2.24, 2.45) is 0 Å². The van der Waals surface area contributed by atoms with Gasteiger partial charge in [0.05, 0.1) is 7.11 Å². The number of rotatable bonds is 3. The molecule has 0 unspecified atom stereocenters. The number of benzene rings is 1. The van der Waals surface area contributed by atoms with Crippen LogP contribution in [0.4, 0.5) is 4.39 Å². The van der Waals surface area contributed by atoms with Crippen molar-refractivity contribution in [2.45, 2.75) is 13.8 Å². The standard InChI is InChI=1S/C13H14BrFO/c1-4-11(15)13(9(2)14)10-7-5-6-8-12(10)16-3/h4-8H,1-3H3/b11-4+,13-9+. The van der Waals surface area contributed by atoms with Crippen LogP contribution in [-0.4, -0.2) is 7.11 Å². The summed E-state index contributed by atoms with van der Waals surface area (Å²) in [6, 6.07) is 7.37. The van der Waals surface area contributed by atoms with Gasteiger partial charge in [0.1, 0.15) is 11.6 Å². The van der Waals surface area contributed by atoms with Gasteiger partial charge < -0.3 is 4.74 Å². The zero-order valence-electron chi connectivity index (χ0n) is 9.55. The topological polar surface area (TPSA) is 9.23 Å². The van der Waals surface area contributed by atoms with Crippen molar-refractivity contribution < 1.29 is 9.13 Å². The molecule has 0 atom stereocenters. The van der Waals surface area contributed by atoms with Crippen molar-refractivity contribution in [3.63, 3.8) is 0 Å². The number of ether oxygens (including phenoxy) is 1. The lowest BCUT2D eigenvalue weighted by atomic mass is 10.0. The van der Waals surface area contributed by atoms with Crippen LogP contribution >= 0.6 is 15.9 Å². The lowest BCUT2D eigenvalue weighted by molar-refractivity contribution is 0.413. The number of hydrogen-bond acceptors (Lipinski definition) is 1. The second-order valence-corrected chi connectivity index (χ2v) is 4.43. The summed E-state index contributed by atoms with van der Waals surface area (Å²) < 4.78 is 19.7. The normalized spacial score (nSPS) is 13.4. The fourth-order valence-electron chi connectivity index (χ4n) is 1.47. The van der Waals surface area contributed by atoms with Crippen LogP contribution in [0.5, 0.6) is 5.75 Å². The molecular formula is C13H14BrFO. The van der Waals surface area contributed by atoms with E-state index in [0.717, 1.165) is 10.0 Å². The molecular weight excluding hydrogens is 271 g/mol. The SMILES string of the molecule is C/C=C(F)\C(=C(/C)Br)c1ccccc1OC. The van der Waals surface area contributed by atoms with E-state index in [1.54, 1.807) is 14.0 Å². The first-order valence-electron chi connectivity index (χ1n) is 4.93. The summed E-state index contributed by atoms with van der Waals surface area (Å²) in [7, 11) is 1.58. The Morgan fingerprint density at radius 3 is 2.50 bits per heavy atom. The second-order valence-electron chi connectivity index (χ2n) is 3.25. The van der Waals surface area contributed by atoms with Crippen LogP contribution in [0.1, 0.15) is 19.4 Å². The second kappa shape index (κ2) is 5.85. The first-order chi connectivity index (χ1) is 7.61. The summed E-state index contributed by atoms with van der Waals surface area (Å²) in [5.74, 6) is 0.396. The van der Waals surface area contributed by atoms with E-state index in [0.29, 0.717) is 11.3 Å². The van der Waals surface area contributed by atoms with Gasteiger partial charge in [-0.05, 0) is 19.9 Å². The average Bonchev–Trinajstić information content (AvgIpc) is 2.29. The van der Waals surface area contributed by atoms with Gasteiger partial charge in [-0.3, -0.25) is 0 Å². The molecule has 0 fully saturated rings. The largest absolute Gasteiger partial charge is 0.496 e. The maximum absolute atomic E-state index is 13.8. The van der Waals surface area contributed by atoms with Crippen LogP contribution in [-0.2, 0) is 0 Å². The molecule has 0 aromatic heterocycles. The highest BCUT2D eigenvalue weighted by atomic mass is 79.9. The van der Waals surface area contributed by atoms with E-state index in [1.165, 1.54) is 6.08 Å². The Kier molecular flexibility index (Phi) is 4.74. The molecule has 0 aliphatic heterocycles. The van der Waals surface area contributed by atoms with Crippen LogP contribution < -0.4 is 4.74 Å². The van der Waals surface area contributed by atoms with Gasteiger partial charge in [-0.15, -0.1) is 0 Å². The van der Waals surface area contributed by atoms with Crippen molar-refractivity contribution >= 4 is 21.5 Å². The number of allylic oxidation sites excluding steroid dienone is 4. The van der Waals surface area contributed by atoms with E-state index in [2.05, 4.69) is 15.9 Å². The molecule has 3 heteroatoms. The molecule has 0 aliphatic rings. The Labute approximate surface area is 104 Å². The van der Waals surface area contributed by atoms with Crippen LogP contribution in [0, 0.1) is 0 Å². The molecule has 0 bridgehead atoms. The first-order valence-corrected chi connectivity index (χ1v) is 5.73. The summed E-state index contributed by atoms with van der Waals surface area (Å²) in [6.45, 7) is 3.48. The molecule has 0 radical (unpaired) electrons. The molecule has 0 N–H and O–H groups in total. The maximum atomic E-state index is 13.8. The minimum Gasteiger partial charge on any atom is -0.496 e. The smallest absolute Gasteiger partial charge is 0.127 e. The summed E-state index contributed by atoms with van der Waals surface area (Å²) in [4.78, 5) is 0.